The molecule has 1 heterocycles. The summed E-state index contributed by atoms with van der Waals surface area (Å²) in [6.07, 6.45) is 6.55. The van der Waals surface area contributed by atoms with Crippen molar-refractivity contribution in [3.63, 3.8) is 0 Å². The minimum Gasteiger partial charge on any atom is -0.512 e. The van der Waals surface area contributed by atoms with Crippen LogP contribution in [-0.2, 0) is 24.9 Å². The minimum absolute atomic E-state index is 0. The van der Waals surface area contributed by atoms with Crippen LogP contribution >= 0.6 is 0 Å². The molecule has 0 aliphatic heterocycles. The van der Waals surface area contributed by atoms with Gasteiger partial charge in [-0.1, -0.05) is 77.9 Å². The third-order valence-electron chi connectivity index (χ3n) is 7.01. The number of aliphatic hydroxyl groups excluding tert-OH is 1. The average Bonchev–Trinajstić information content (AvgIpc) is 2.89. The van der Waals surface area contributed by atoms with Crippen molar-refractivity contribution in [3.8, 4) is 11.3 Å². The van der Waals surface area contributed by atoms with Gasteiger partial charge in [-0.25, -0.2) is 4.98 Å². The Morgan fingerprint density at radius 3 is 2.18 bits per heavy atom. The predicted molar refractivity (Wildman–Crippen MR) is 155 cm³/mol. The zero-order valence-electron chi connectivity index (χ0n) is 23.3. The number of aliphatic hydroxyl groups is 1. The summed E-state index contributed by atoms with van der Waals surface area (Å²) in [5, 5.41) is 13.2. The first kappa shape index (κ1) is 31.3. The second-order valence-corrected chi connectivity index (χ2v) is 9.66. The van der Waals surface area contributed by atoms with Crippen LogP contribution in [0.5, 0.6) is 0 Å². The second kappa shape index (κ2) is 14.9. The predicted octanol–water partition coefficient (Wildman–Crippen LogP) is 8.73. The van der Waals surface area contributed by atoms with Crippen molar-refractivity contribution in [2.24, 2.45) is 11.8 Å². The van der Waals surface area contributed by atoms with E-state index in [2.05, 4.69) is 66.3 Å². The summed E-state index contributed by atoms with van der Waals surface area (Å²) in [7, 11) is 0. The summed E-state index contributed by atoms with van der Waals surface area (Å²) >= 11 is 0. The van der Waals surface area contributed by atoms with Gasteiger partial charge in [0.2, 0.25) is 0 Å². The van der Waals surface area contributed by atoms with E-state index in [0.29, 0.717) is 0 Å². The molecule has 0 aliphatic carbocycles. The van der Waals surface area contributed by atoms with Gasteiger partial charge in [0.05, 0.1) is 11.3 Å². The van der Waals surface area contributed by atoms with Gasteiger partial charge in [0.15, 0.2) is 5.78 Å². The molecule has 203 valence electrons. The number of fused-ring (bicyclic) bond motifs is 3. The number of rotatable bonds is 8. The van der Waals surface area contributed by atoms with Crippen LogP contribution in [0.2, 0.25) is 0 Å². The molecule has 0 saturated heterocycles. The van der Waals surface area contributed by atoms with Crippen molar-refractivity contribution < 1.29 is 30.0 Å². The number of allylic oxidation sites excluding steroid dienone is 2. The SMILES string of the molecule is CCC(CC)C(=O)/C=C(\O)C(CC)CC.Cc1[c-]c(-c2ncnc3c2ccc2ccccc23)cc(C)c1.[Ir]. The Kier molecular flexibility index (Phi) is 12.3. The number of benzene rings is 3. The quantitative estimate of drug-likeness (QED) is 0.0871. The Labute approximate surface area is 241 Å². The molecule has 0 spiro atoms. The third-order valence-corrected chi connectivity index (χ3v) is 7.01. The van der Waals surface area contributed by atoms with Crippen molar-refractivity contribution in [1.82, 2.24) is 9.97 Å². The van der Waals surface area contributed by atoms with Gasteiger partial charge in [0.25, 0.3) is 0 Å². The molecule has 0 aliphatic rings. The smallest absolute Gasteiger partial charge is 0.162 e. The number of hydrogen-bond acceptors (Lipinski definition) is 4. The Balaban J connectivity index is 0.000000282. The molecule has 0 bridgehead atoms. The molecule has 4 nitrogen and oxygen atoms in total. The molecule has 1 N–H and O–H groups in total. The number of aryl methyl sites for hydroxylation is 2. The Morgan fingerprint density at radius 2 is 1.55 bits per heavy atom. The summed E-state index contributed by atoms with van der Waals surface area (Å²) in [5.74, 6) is 0.547. The minimum atomic E-state index is 0. The van der Waals surface area contributed by atoms with Crippen LogP contribution in [0.1, 0.15) is 64.5 Å². The van der Waals surface area contributed by atoms with E-state index in [4.69, 9.17) is 0 Å². The van der Waals surface area contributed by atoms with Gasteiger partial charge < -0.3 is 5.11 Å². The standard InChI is InChI=1S/C20H15N2.C13H24O2.Ir/c1-13-9-14(2)11-16(10-13)19-18-8-7-15-5-3-4-6-17(15)20(18)22-12-21-19;1-5-10(6-2)12(14)9-13(15)11(7-3)8-4;/h3-10,12H,1-2H3;9-11,14H,5-8H2,1-4H3;/q-1;;/b;12-9-;. The van der Waals surface area contributed by atoms with Crippen LogP contribution in [0.4, 0.5) is 0 Å². The Hall–Kier alpha value is -2.88. The maximum atomic E-state index is 11.7. The van der Waals surface area contributed by atoms with Gasteiger partial charge in [-0.2, -0.15) is 0 Å². The number of carbonyl (C=O) groups excluding carboxylic acids is 1. The molecule has 0 atom stereocenters. The molecule has 0 fully saturated rings. The monoisotopic (exact) mass is 688 g/mol. The van der Waals surface area contributed by atoms with E-state index >= 15 is 0 Å². The molecule has 0 amide bonds. The molecule has 4 aromatic rings. The van der Waals surface area contributed by atoms with E-state index < -0.39 is 0 Å². The molecule has 0 saturated carbocycles. The van der Waals surface area contributed by atoms with Gasteiger partial charge in [0, 0.05) is 43.4 Å². The van der Waals surface area contributed by atoms with Crippen LogP contribution in [-0.4, -0.2) is 20.9 Å². The van der Waals surface area contributed by atoms with E-state index in [9.17, 15) is 9.90 Å². The van der Waals surface area contributed by atoms with Crippen molar-refractivity contribution in [3.05, 3.63) is 83.9 Å². The van der Waals surface area contributed by atoms with Crippen molar-refractivity contribution in [2.45, 2.75) is 67.2 Å². The fraction of sp³-hybridized carbons (Fsp3) is 0.364. The van der Waals surface area contributed by atoms with Crippen LogP contribution in [0.3, 0.4) is 0 Å². The average molecular weight is 688 g/mol. The summed E-state index contributed by atoms with van der Waals surface area (Å²) < 4.78 is 0. The first-order chi connectivity index (χ1) is 17.8. The van der Waals surface area contributed by atoms with Gasteiger partial charge in [-0.05, 0) is 42.1 Å². The first-order valence-corrected chi connectivity index (χ1v) is 13.4. The summed E-state index contributed by atoms with van der Waals surface area (Å²) in [6.45, 7) is 12.2. The zero-order chi connectivity index (χ0) is 26.9. The molecule has 5 heteroatoms. The van der Waals surface area contributed by atoms with E-state index in [1.165, 1.54) is 17.0 Å². The molecule has 1 radical (unpaired) electrons. The van der Waals surface area contributed by atoms with Crippen LogP contribution in [0.25, 0.3) is 32.9 Å². The second-order valence-electron chi connectivity index (χ2n) is 9.66. The number of carbonyl (C=O) groups is 1. The van der Waals surface area contributed by atoms with Crippen molar-refractivity contribution >= 4 is 27.5 Å². The summed E-state index contributed by atoms with van der Waals surface area (Å²) in [4.78, 5) is 20.8. The van der Waals surface area contributed by atoms with Gasteiger partial charge in [-0.15, -0.1) is 34.9 Å². The van der Waals surface area contributed by atoms with Crippen LogP contribution in [0.15, 0.2) is 66.7 Å². The van der Waals surface area contributed by atoms with Crippen LogP contribution in [0, 0.1) is 31.7 Å². The number of nitrogens with zero attached hydrogens (tertiary/aromatic N) is 2. The number of hydrogen-bond donors (Lipinski definition) is 1. The first-order valence-electron chi connectivity index (χ1n) is 13.4. The largest absolute Gasteiger partial charge is 0.512 e. The molecule has 4 rings (SSSR count). The molecule has 3 aromatic carbocycles. The fourth-order valence-corrected chi connectivity index (χ4v) is 4.82. The van der Waals surface area contributed by atoms with Gasteiger partial charge >= 0.3 is 0 Å². The molecular formula is C33H39IrN2O2-. The van der Waals surface area contributed by atoms with E-state index in [0.717, 1.165) is 58.8 Å². The summed E-state index contributed by atoms with van der Waals surface area (Å²) in [5.41, 5.74) is 5.32. The maximum absolute atomic E-state index is 11.7. The third kappa shape index (κ3) is 7.58. The number of aromatic nitrogens is 2. The normalized spacial score (nSPS) is 11.4. The maximum Gasteiger partial charge on any atom is 0.162 e. The van der Waals surface area contributed by atoms with Crippen molar-refractivity contribution in [1.29, 1.82) is 0 Å². The molecular weight excluding hydrogens is 649 g/mol. The van der Waals surface area contributed by atoms with E-state index in [-0.39, 0.29) is 43.5 Å². The van der Waals surface area contributed by atoms with Crippen LogP contribution < -0.4 is 0 Å². The number of ketones is 1. The molecule has 0 unspecified atom stereocenters. The Bertz CT molecular complexity index is 1370. The van der Waals surface area contributed by atoms with Gasteiger partial charge in [-0.3, -0.25) is 9.78 Å². The Morgan fingerprint density at radius 1 is 0.895 bits per heavy atom. The zero-order valence-corrected chi connectivity index (χ0v) is 25.7. The van der Waals surface area contributed by atoms with E-state index in [1.54, 1.807) is 6.33 Å². The molecule has 1 aromatic heterocycles. The topological polar surface area (TPSA) is 63.1 Å². The van der Waals surface area contributed by atoms with Gasteiger partial charge in [0.1, 0.15) is 6.33 Å². The molecule has 38 heavy (non-hydrogen) atoms. The van der Waals surface area contributed by atoms with Crippen molar-refractivity contribution in [2.75, 3.05) is 0 Å². The van der Waals surface area contributed by atoms with E-state index in [1.807, 2.05) is 39.8 Å². The fourth-order valence-electron chi connectivity index (χ4n) is 4.82. The summed E-state index contributed by atoms with van der Waals surface area (Å²) in [6, 6.07) is 20.2.